The minimum Gasteiger partial charge on any atom is -0.328 e. The summed E-state index contributed by atoms with van der Waals surface area (Å²) in [5.41, 5.74) is 0. The van der Waals surface area contributed by atoms with Gasteiger partial charge in [0.25, 0.3) is 0 Å². The molecule has 1 aliphatic rings. The number of nitrogens with zero attached hydrogens (tertiary/aromatic N) is 2. The minimum atomic E-state index is 0.176. The fraction of sp³-hybridized carbons (Fsp3) is 0.889. The molecule has 1 heterocycles. The van der Waals surface area contributed by atoms with Crippen LogP contribution >= 0.6 is 11.8 Å². The summed E-state index contributed by atoms with van der Waals surface area (Å²) in [6.45, 7) is 6.76. The predicted octanol–water partition coefficient (Wildman–Crippen LogP) is 1.50. The Kier molecular flexibility index (Phi) is 3.90. The van der Waals surface area contributed by atoms with E-state index < -0.39 is 0 Å². The third-order valence-corrected chi connectivity index (χ3v) is 3.45. The van der Waals surface area contributed by atoms with Crippen LogP contribution in [-0.2, 0) is 0 Å². The van der Waals surface area contributed by atoms with Gasteiger partial charge in [-0.1, -0.05) is 6.92 Å². The van der Waals surface area contributed by atoms with Crippen LogP contribution in [0.15, 0.2) is 0 Å². The van der Waals surface area contributed by atoms with Crippen LogP contribution in [0, 0.1) is 0 Å². The predicted molar refractivity (Wildman–Crippen MR) is 57.2 cm³/mol. The van der Waals surface area contributed by atoms with E-state index in [1.807, 2.05) is 30.6 Å². The molecule has 1 unspecified atom stereocenters. The molecule has 0 aromatic carbocycles. The first-order valence-corrected chi connectivity index (χ1v) is 5.81. The van der Waals surface area contributed by atoms with Gasteiger partial charge in [0.15, 0.2) is 0 Å². The molecule has 0 aliphatic carbocycles. The number of rotatable bonds is 1. The van der Waals surface area contributed by atoms with Crippen LogP contribution in [0.2, 0.25) is 0 Å². The van der Waals surface area contributed by atoms with Gasteiger partial charge in [-0.2, -0.15) is 11.8 Å². The van der Waals surface area contributed by atoms with Crippen molar-refractivity contribution in [1.82, 2.24) is 9.80 Å². The van der Waals surface area contributed by atoms with Crippen molar-refractivity contribution in [2.24, 2.45) is 0 Å². The second kappa shape index (κ2) is 4.74. The summed E-state index contributed by atoms with van der Waals surface area (Å²) in [5.74, 6) is 1.07. The van der Waals surface area contributed by atoms with Gasteiger partial charge >= 0.3 is 6.03 Å². The molecule has 1 aliphatic heterocycles. The number of hydrogen-bond acceptors (Lipinski definition) is 2. The Balaban J connectivity index is 2.46. The van der Waals surface area contributed by atoms with Gasteiger partial charge in [0.05, 0.1) is 0 Å². The number of carbonyl (C=O) groups excluding carboxylic acids is 1. The molecule has 0 radical (unpaired) electrons. The highest BCUT2D eigenvalue weighted by Gasteiger charge is 2.22. The smallest absolute Gasteiger partial charge is 0.319 e. The van der Waals surface area contributed by atoms with Crippen LogP contribution in [0.1, 0.15) is 13.8 Å². The average Bonchev–Trinajstić information content (AvgIpc) is 2.15. The summed E-state index contributed by atoms with van der Waals surface area (Å²) in [6.07, 6.45) is 0. The summed E-state index contributed by atoms with van der Waals surface area (Å²) in [7, 11) is 1.86. The fourth-order valence-electron chi connectivity index (χ4n) is 1.37. The van der Waals surface area contributed by atoms with Crippen molar-refractivity contribution in [3.8, 4) is 0 Å². The molecule has 0 aromatic rings. The Labute approximate surface area is 84.5 Å². The maximum Gasteiger partial charge on any atom is 0.319 e. The van der Waals surface area contributed by atoms with Gasteiger partial charge < -0.3 is 9.80 Å². The quantitative estimate of drug-likeness (QED) is 0.643. The number of urea groups is 1. The second-order valence-electron chi connectivity index (χ2n) is 3.42. The Morgan fingerprint density at radius 2 is 2.38 bits per heavy atom. The zero-order valence-electron chi connectivity index (χ0n) is 8.62. The molecule has 0 saturated carbocycles. The van der Waals surface area contributed by atoms with Gasteiger partial charge in [0.2, 0.25) is 0 Å². The molecule has 0 aromatic heterocycles. The molecule has 0 N–H and O–H groups in total. The lowest BCUT2D eigenvalue weighted by Gasteiger charge is -2.33. The molecule has 1 atom stereocenters. The van der Waals surface area contributed by atoms with Crippen molar-refractivity contribution in [2.45, 2.75) is 19.1 Å². The lowest BCUT2D eigenvalue weighted by molar-refractivity contribution is 0.167. The van der Waals surface area contributed by atoms with Crippen LogP contribution in [0.4, 0.5) is 4.79 Å². The van der Waals surface area contributed by atoms with E-state index in [1.165, 1.54) is 0 Å². The highest BCUT2D eigenvalue weighted by molar-refractivity contribution is 7.99. The van der Waals surface area contributed by atoms with E-state index in [-0.39, 0.29) is 6.03 Å². The Bertz CT molecular complexity index is 186. The van der Waals surface area contributed by atoms with Gasteiger partial charge in [-0.25, -0.2) is 4.79 Å². The number of hydrogen-bond donors (Lipinski definition) is 0. The van der Waals surface area contributed by atoms with Gasteiger partial charge in [-0.3, -0.25) is 0 Å². The van der Waals surface area contributed by atoms with Crippen LogP contribution < -0.4 is 0 Å². The van der Waals surface area contributed by atoms with Crippen molar-refractivity contribution in [3.63, 3.8) is 0 Å². The summed E-state index contributed by atoms with van der Waals surface area (Å²) in [5, 5.41) is 0.586. The van der Waals surface area contributed by atoms with Crippen molar-refractivity contribution in [1.29, 1.82) is 0 Å². The molecule has 1 saturated heterocycles. The summed E-state index contributed by atoms with van der Waals surface area (Å²) < 4.78 is 0. The number of amides is 2. The van der Waals surface area contributed by atoms with Crippen LogP contribution in [0.25, 0.3) is 0 Å². The van der Waals surface area contributed by atoms with Crippen LogP contribution in [0.5, 0.6) is 0 Å². The largest absolute Gasteiger partial charge is 0.328 e. The highest BCUT2D eigenvalue weighted by atomic mass is 32.2. The lowest BCUT2D eigenvalue weighted by Crippen LogP contribution is -2.46. The van der Waals surface area contributed by atoms with E-state index in [2.05, 4.69) is 6.92 Å². The van der Waals surface area contributed by atoms with E-state index in [1.54, 1.807) is 4.90 Å². The van der Waals surface area contributed by atoms with Crippen molar-refractivity contribution in [2.75, 3.05) is 32.4 Å². The number of carbonyl (C=O) groups is 1. The van der Waals surface area contributed by atoms with Crippen molar-refractivity contribution >= 4 is 17.8 Å². The van der Waals surface area contributed by atoms with E-state index in [4.69, 9.17) is 0 Å². The van der Waals surface area contributed by atoms with Gasteiger partial charge in [0.1, 0.15) is 0 Å². The van der Waals surface area contributed by atoms with E-state index in [9.17, 15) is 4.79 Å². The molecule has 0 bridgehead atoms. The molecule has 1 fully saturated rings. The summed E-state index contributed by atoms with van der Waals surface area (Å²) in [6, 6.07) is 0.176. The third kappa shape index (κ3) is 2.79. The monoisotopic (exact) mass is 202 g/mol. The maximum absolute atomic E-state index is 11.7. The fourth-order valence-corrected chi connectivity index (χ4v) is 2.38. The molecule has 4 heteroatoms. The molecule has 2 amide bonds. The van der Waals surface area contributed by atoms with E-state index in [0.717, 1.165) is 25.4 Å². The lowest BCUT2D eigenvalue weighted by atomic mass is 10.4. The summed E-state index contributed by atoms with van der Waals surface area (Å²) in [4.78, 5) is 15.4. The first-order valence-electron chi connectivity index (χ1n) is 4.76. The normalized spacial score (nSPS) is 23.0. The van der Waals surface area contributed by atoms with Crippen LogP contribution in [0.3, 0.4) is 0 Å². The zero-order chi connectivity index (χ0) is 9.84. The standard InChI is InChI=1S/C9H18N2OS/c1-4-10(3)9(12)11-5-6-13-8(2)7-11/h8H,4-7H2,1-3H3. The molecular formula is C9H18N2OS. The van der Waals surface area contributed by atoms with Crippen LogP contribution in [-0.4, -0.2) is 53.5 Å². The van der Waals surface area contributed by atoms with Crippen molar-refractivity contribution < 1.29 is 4.79 Å². The van der Waals surface area contributed by atoms with Gasteiger partial charge in [0, 0.05) is 37.7 Å². The Morgan fingerprint density at radius 3 is 2.92 bits per heavy atom. The topological polar surface area (TPSA) is 23.6 Å². The van der Waals surface area contributed by atoms with E-state index >= 15 is 0 Å². The Morgan fingerprint density at radius 1 is 1.69 bits per heavy atom. The second-order valence-corrected chi connectivity index (χ2v) is 4.97. The molecular weight excluding hydrogens is 184 g/mol. The summed E-state index contributed by atoms with van der Waals surface area (Å²) >= 11 is 1.95. The highest BCUT2D eigenvalue weighted by Crippen LogP contribution is 2.18. The molecule has 0 spiro atoms. The molecule has 3 nitrogen and oxygen atoms in total. The number of thioether (sulfide) groups is 1. The molecule has 13 heavy (non-hydrogen) atoms. The zero-order valence-corrected chi connectivity index (χ0v) is 9.43. The van der Waals surface area contributed by atoms with Gasteiger partial charge in [-0.05, 0) is 6.92 Å². The SMILES string of the molecule is CCN(C)C(=O)N1CCSC(C)C1. The maximum atomic E-state index is 11.7. The Hall–Kier alpha value is -0.380. The molecule has 1 rings (SSSR count). The third-order valence-electron chi connectivity index (χ3n) is 2.31. The molecule has 76 valence electrons. The van der Waals surface area contributed by atoms with E-state index in [0.29, 0.717) is 5.25 Å². The minimum absolute atomic E-state index is 0.176. The first kappa shape index (κ1) is 10.7. The van der Waals surface area contributed by atoms with Gasteiger partial charge in [-0.15, -0.1) is 0 Å². The average molecular weight is 202 g/mol. The van der Waals surface area contributed by atoms with Crippen molar-refractivity contribution in [3.05, 3.63) is 0 Å². The first-order chi connectivity index (χ1) is 6.15.